The molecule has 25 heavy (non-hydrogen) atoms. The minimum atomic E-state index is 0.0391. The SMILES string of the molecule is CC1CC(C)CN(C(=O)c2cc(C(C)C)nc(N3CCOCC3)n2)C1. The van der Waals surface area contributed by atoms with Crippen LogP contribution in [0.1, 0.15) is 56.2 Å². The largest absolute Gasteiger partial charge is 0.378 e. The molecule has 6 heteroatoms. The van der Waals surface area contributed by atoms with Crippen molar-refractivity contribution in [3.05, 3.63) is 17.5 Å². The molecule has 1 aromatic rings. The topological polar surface area (TPSA) is 58.6 Å². The number of amides is 1. The Labute approximate surface area is 150 Å². The molecule has 2 atom stereocenters. The molecule has 0 aromatic carbocycles. The van der Waals surface area contributed by atoms with Crippen LogP contribution in [-0.2, 0) is 4.74 Å². The van der Waals surface area contributed by atoms with Crippen LogP contribution < -0.4 is 4.90 Å². The van der Waals surface area contributed by atoms with Gasteiger partial charge in [0.05, 0.1) is 13.2 Å². The standard InChI is InChI=1S/C19H30N4O2/c1-13(2)16-10-17(18(24)23-11-14(3)9-15(4)12-23)21-19(20-16)22-5-7-25-8-6-22/h10,13-15H,5-9,11-12H2,1-4H3. The first kappa shape index (κ1) is 18.1. The number of carbonyl (C=O) groups is 1. The first-order valence-electron chi connectivity index (χ1n) is 9.45. The van der Waals surface area contributed by atoms with Gasteiger partial charge in [0.1, 0.15) is 5.69 Å². The van der Waals surface area contributed by atoms with Crippen molar-refractivity contribution in [3.8, 4) is 0 Å². The van der Waals surface area contributed by atoms with Crippen LogP contribution in [0, 0.1) is 11.8 Å². The van der Waals surface area contributed by atoms with Gasteiger partial charge in [0.2, 0.25) is 5.95 Å². The third-order valence-corrected chi connectivity index (χ3v) is 4.99. The summed E-state index contributed by atoms with van der Waals surface area (Å²) in [6, 6.07) is 1.88. The Balaban J connectivity index is 1.88. The van der Waals surface area contributed by atoms with Crippen molar-refractivity contribution in [2.75, 3.05) is 44.3 Å². The van der Waals surface area contributed by atoms with Crippen LogP contribution in [-0.4, -0.2) is 60.2 Å². The zero-order chi connectivity index (χ0) is 18.0. The molecule has 2 saturated heterocycles. The first-order valence-corrected chi connectivity index (χ1v) is 9.45. The molecular formula is C19H30N4O2. The Hall–Kier alpha value is -1.69. The predicted molar refractivity (Wildman–Crippen MR) is 98.0 cm³/mol. The van der Waals surface area contributed by atoms with Gasteiger partial charge in [0.25, 0.3) is 5.91 Å². The molecule has 0 N–H and O–H groups in total. The number of morpholine rings is 1. The lowest BCUT2D eigenvalue weighted by Gasteiger charge is -2.35. The van der Waals surface area contributed by atoms with E-state index in [9.17, 15) is 4.79 Å². The Bertz CT molecular complexity index is 603. The van der Waals surface area contributed by atoms with E-state index in [1.54, 1.807) is 0 Å². The van der Waals surface area contributed by atoms with Gasteiger partial charge in [0.15, 0.2) is 0 Å². The van der Waals surface area contributed by atoms with Gasteiger partial charge in [-0.15, -0.1) is 0 Å². The van der Waals surface area contributed by atoms with E-state index in [4.69, 9.17) is 9.72 Å². The minimum absolute atomic E-state index is 0.0391. The molecule has 1 amide bonds. The van der Waals surface area contributed by atoms with Gasteiger partial charge in [-0.25, -0.2) is 9.97 Å². The summed E-state index contributed by atoms with van der Waals surface area (Å²) in [4.78, 5) is 26.5. The number of hydrogen-bond donors (Lipinski definition) is 0. The predicted octanol–water partition coefficient (Wildman–Crippen LogP) is 2.55. The molecule has 2 fully saturated rings. The summed E-state index contributed by atoms with van der Waals surface area (Å²) >= 11 is 0. The van der Waals surface area contributed by atoms with Gasteiger partial charge < -0.3 is 14.5 Å². The van der Waals surface area contributed by atoms with Gasteiger partial charge in [0, 0.05) is 31.9 Å². The second kappa shape index (κ2) is 7.68. The first-order chi connectivity index (χ1) is 11.9. The summed E-state index contributed by atoms with van der Waals surface area (Å²) < 4.78 is 5.42. The number of piperidine rings is 1. The van der Waals surface area contributed by atoms with Crippen molar-refractivity contribution in [2.45, 2.75) is 40.0 Å². The van der Waals surface area contributed by atoms with Gasteiger partial charge in [-0.1, -0.05) is 27.7 Å². The molecule has 3 rings (SSSR count). The van der Waals surface area contributed by atoms with Crippen molar-refractivity contribution in [2.24, 2.45) is 11.8 Å². The second-order valence-electron chi connectivity index (χ2n) is 7.89. The fourth-order valence-electron chi connectivity index (χ4n) is 3.75. The van der Waals surface area contributed by atoms with Crippen LogP contribution in [0.25, 0.3) is 0 Å². The van der Waals surface area contributed by atoms with Crippen molar-refractivity contribution >= 4 is 11.9 Å². The maximum atomic E-state index is 13.1. The van der Waals surface area contributed by atoms with Crippen molar-refractivity contribution in [3.63, 3.8) is 0 Å². The number of carbonyl (C=O) groups excluding carboxylic acids is 1. The molecule has 2 unspecified atom stereocenters. The molecule has 0 radical (unpaired) electrons. The van der Waals surface area contributed by atoms with Crippen LogP contribution in [0.5, 0.6) is 0 Å². The van der Waals surface area contributed by atoms with Crippen LogP contribution in [0.2, 0.25) is 0 Å². The van der Waals surface area contributed by atoms with Gasteiger partial charge in [-0.2, -0.15) is 0 Å². The van der Waals surface area contributed by atoms with Crippen molar-refractivity contribution in [1.29, 1.82) is 0 Å². The zero-order valence-electron chi connectivity index (χ0n) is 15.9. The average molecular weight is 346 g/mol. The Morgan fingerprint density at radius 1 is 1.16 bits per heavy atom. The highest BCUT2D eigenvalue weighted by Gasteiger charge is 2.28. The average Bonchev–Trinajstić information content (AvgIpc) is 2.60. The molecule has 2 aliphatic rings. The summed E-state index contributed by atoms with van der Waals surface area (Å²) in [6.07, 6.45) is 1.18. The summed E-state index contributed by atoms with van der Waals surface area (Å²) in [5.74, 6) is 2.04. The summed E-state index contributed by atoms with van der Waals surface area (Å²) in [6.45, 7) is 13.2. The van der Waals surface area contributed by atoms with Crippen molar-refractivity contribution in [1.82, 2.24) is 14.9 Å². The Morgan fingerprint density at radius 3 is 2.40 bits per heavy atom. The lowest BCUT2D eigenvalue weighted by molar-refractivity contribution is 0.0617. The van der Waals surface area contributed by atoms with Crippen LogP contribution in [0.3, 0.4) is 0 Å². The number of nitrogens with zero attached hydrogens (tertiary/aromatic N) is 4. The maximum Gasteiger partial charge on any atom is 0.272 e. The number of anilines is 1. The highest BCUT2D eigenvalue weighted by molar-refractivity contribution is 5.92. The van der Waals surface area contributed by atoms with E-state index < -0.39 is 0 Å². The fraction of sp³-hybridized carbons (Fsp3) is 0.737. The van der Waals surface area contributed by atoms with Gasteiger partial charge in [-0.3, -0.25) is 4.79 Å². The Morgan fingerprint density at radius 2 is 1.80 bits per heavy atom. The van der Waals surface area contributed by atoms with Gasteiger partial charge in [-0.05, 0) is 30.2 Å². The van der Waals surface area contributed by atoms with E-state index >= 15 is 0 Å². The highest BCUT2D eigenvalue weighted by Crippen LogP contribution is 2.24. The highest BCUT2D eigenvalue weighted by atomic mass is 16.5. The molecule has 2 aliphatic heterocycles. The normalized spacial score (nSPS) is 24.7. The zero-order valence-corrected chi connectivity index (χ0v) is 15.9. The number of aromatic nitrogens is 2. The number of likely N-dealkylation sites (tertiary alicyclic amines) is 1. The number of ether oxygens (including phenoxy) is 1. The lowest BCUT2D eigenvalue weighted by Crippen LogP contribution is -2.43. The Kier molecular flexibility index (Phi) is 5.57. The van der Waals surface area contributed by atoms with Crippen LogP contribution in [0.15, 0.2) is 6.07 Å². The third kappa shape index (κ3) is 4.29. The molecule has 0 bridgehead atoms. The molecule has 3 heterocycles. The molecule has 0 spiro atoms. The molecule has 0 saturated carbocycles. The van der Waals surface area contributed by atoms with E-state index in [1.165, 1.54) is 6.42 Å². The van der Waals surface area contributed by atoms with Crippen molar-refractivity contribution < 1.29 is 9.53 Å². The minimum Gasteiger partial charge on any atom is -0.378 e. The third-order valence-electron chi connectivity index (χ3n) is 4.99. The van der Waals surface area contributed by atoms with E-state index in [-0.39, 0.29) is 11.8 Å². The van der Waals surface area contributed by atoms with E-state index in [0.717, 1.165) is 31.9 Å². The van der Waals surface area contributed by atoms with E-state index in [1.807, 2.05) is 11.0 Å². The summed E-state index contributed by atoms with van der Waals surface area (Å²) in [7, 11) is 0. The monoisotopic (exact) mass is 346 g/mol. The molecule has 6 nitrogen and oxygen atoms in total. The second-order valence-corrected chi connectivity index (χ2v) is 7.89. The lowest BCUT2D eigenvalue weighted by atomic mass is 9.91. The number of rotatable bonds is 3. The smallest absolute Gasteiger partial charge is 0.272 e. The maximum absolute atomic E-state index is 13.1. The molecular weight excluding hydrogens is 316 g/mol. The molecule has 0 aliphatic carbocycles. The summed E-state index contributed by atoms with van der Waals surface area (Å²) in [5, 5.41) is 0. The van der Waals surface area contributed by atoms with Gasteiger partial charge >= 0.3 is 0 Å². The summed E-state index contributed by atoms with van der Waals surface area (Å²) in [5.41, 5.74) is 1.46. The van der Waals surface area contributed by atoms with E-state index in [0.29, 0.717) is 36.7 Å². The number of hydrogen-bond acceptors (Lipinski definition) is 5. The molecule has 1 aromatic heterocycles. The fourth-order valence-corrected chi connectivity index (χ4v) is 3.75. The van der Waals surface area contributed by atoms with Crippen LogP contribution in [0.4, 0.5) is 5.95 Å². The molecule has 138 valence electrons. The quantitative estimate of drug-likeness (QED) is 0.842. The van der Waals surface area contributed by atoms with Crippen LogP contribution >= 0.6 is 0 Å². The van der Waals surface area contributed by atoms with E-state index in [2.05, 4.69) is 37.6 Å².